The number of ether oxygens (including phenoxy) is 2. The van der Waals surface area contributed by atoms with E-state index in [0.29, 0.717) is 35.7 Å². The predicted octanol–water partition coefficient (Wildman–Crippen LogP) is 2.69. The Labute approximate surface area is 194 Å². The number of imidazole rings is 1. The lowest BCUT2D eigenvalue weighted by Crippen LogP contribution is -2.36. The molecule has 8 nitrogen and oxygen atoms in total. The van der Waals surface area contributed by atoms with Crippen molar-refractivity contribution < 1.29 is 22.7 Å². The van der Waals surface area contributed by atoms with Gasteiger partial charge in [-0.05, 0) is 36.1 Å². The second kappa shape index (κ2) is 11.0. The molecular weight excluding hydrogens is 442 g/mol. The average molecular weight is 472 g/mol. The molecule has 1 amide bonds. The molecule has 0 aliphatic rings. The summed E-state index contributed by atoms with van der Waals surface area (Å²) in [5, 5.41) is 2.83. The lowest BCUT2D eigenvalue weighted by molar-refractivity contribution is -0.119. The van der Waals surface area contributed by atoms with Gasteiger partial charge in [-0.25, -0.2) is 13.4 Å². The number of amides is 1. The van der Waals surface area contributed by atoms with E-state index in [4.69, 9.17) is 9.47 Å². The van der Waals surface area contributed by atoms with E-state index >= 15 is 0 Å². The van der Waals surface area contributed by atoms with Gasteiger partial charge in [0.05, 0.1) is 20.0 Å². The molecule has 0 aliphatic heterocycles. The van der Waals surface area contributed by atoms with Gasteiger partial charge in [-0.2, -0.15) is 0 Å². The summed E-state index contributed by atoms with van der Waals surface area (Å²) in [6, 6.07) is 14.2. The van der Waals surface area contributed by atoms with Crippen LogP contribution in [0.15, 0.2) is 60.9 Å². The van der Waals surface area contributed by atoms with Gasteiger partial charge in [0.15, 0.2) is 9.84 Å². The molecule has 0 spiro atoms. The molecule has 3 aromatic rings. The number of methoxy groups -OCH3 is 2. The van der Waals surface area contributed by atoms with Crippen molar-refractivity contribution in [3.63, 3.8) is 0 Å². The van der Waals surface area contributed by atoms with Crippen molar-refractivity contribution in [2.45, 2.75) is 18.9 Å². The molecule has 1 unspecified atom stereocenters. The van der Waals surface area contributed by atoms with E-state index in [-0.39, 0.29) is 5.75 Å². The summed E-state index contributed by atoms with van der Waals surface area (Å²) in [5.74, 6) is 0.404. The van der Waals surface area contributed by atoms with E-state index in [0.717, 1.165) is 5.56 Å². The Hall–Kier alpha value is -3.33. The van der Waals surface area contributed by atoms with E-state index < -0.39 is 27.5 Å². The van der Waals surface area contributed by atoms with Crippen LogP contribution < -0.4 is 14.8 Å². The highest BCUT2D eigenvalue weighted by atomic mass is 32.2. The maximum absolute atomic E-state index is 12.8. The molecule has 2 aromatic carbocycles. The Morgan fingerprint density at radius 1 is 1.09 bits per heavy atom. The number of aromatic nitrogens is 2. The fourth-order valence-electron chi connectivity index (χ4n) is 3.56. The largest absolute Gasteiger partial charge is 0.497 e. The molecule has 3 rings (SSSR count). The summed E-state index contributed by atoms with van der Waals surface area (Å²) in [5.41, 5.74) is 1.73. The number of nitrogens with zero attached hydrogens (tertiary/aromatic N) is 2. The molecule has 0 aliphatic carbocycles. The second-order valence-electron chi connectivity index (χ2n) is 7.72. The van der Waals surface area contributed by atoms with Crippen molar-refractivity contribution in [1.82, 2.24) is 14.9 Å². The van der Waals surface area contributed by atoms with Gasteiger partial charge in [0.25, 0.3) is 0 Å². The second-order valence-corrected chi connectivity index (χ2v) is 9.91. The molecule has 9 heteroatoms. The van der Waals surface area contributed by atoms with Crippen LogP contribution in [0, 0.1) is 0 Å². The van der Waals surface area contributed by atoms with Gasteiger partial charge in [-0.1, -0.05) is 30.3 Å². The molecule has 0 bridgehead atoms. The fraction of sp³-hybridized carbons (Fsp3) is 0.333. The van der Waals surface area contributed by atoms with Crippen molar-refractivity contribution in [3.05, 3.63) is 77.9 Å². The van der Waals surface area contributed by atoms with Crippen LogP contribution in [0.25, 0.3) is 0 Å². The van der Waals surface area contributed by atoms with E-state index in [9.17, 15) is 13.2 Å². The predicted molar refractivity (Wildman–Crippen MR) is 126 cm³/mol. The number of nitrogens with one attached hydrogen (secondary N) is 1. The smallest absolute Gasteiger partial charge is 0.236 e. The van der Waals surface area contributed by atoms with Crippen molar-refractivity contribution >= 4 is 15.7 Å². The zero-order valence-electron chi connectivity index (χ0n) is 19.0. The Morgan fingerprint density at radius 3 is 2.33 bits per heavy atom. The minimum absolute atomic E-state index is 0.0602. The van der Waals surface area contributed by atoms with Crippen LogP contribution in [0.3, 0.4) is 0 Å². The number of rotatable bonds is 11. The lowest BCUT2D eigenvalue weighted by atomic mass is 10.0. The highest BCUT2D eigenvalue weighted by Crippen LogP contribution is 2.29. The third-order valence-electron chi connectivity index (χ3n) is 5.24. The zero-order chi connectivity index (χ0) is 23.8. The van der Waals surface area contributed by atoms with Gasteiger partial charge in [0, 0.05) is 25.5 Å². The van der Waals surface area contributed by atoms with Gasteiger partial charge in [-0.3, -0.25) is 4.79 Å². The van der Waals surface area contributed by atoms with Gasteiger partial charge in [0.2, 0.25) is 5.91 Å². The van der Waals surface area contributed by atoms with Crippen LogP contribution in [0.1, 0.15) is 29.4 Å². The van der Waals surface area contributed by atoms with E-state index in [2.05, 4.69) is 10.3 Å². The molecule has 0 radical (unpaired) electrons. The van der Waals surface area contributed by atoms with Crippen molar-refractivity contribution in [2.75, 3.05) is 25.7 Å². The topological polar surface area (TPSA) is 99.5 Å². The average Bonchev–Trinajstić information content (AvgIpc) is 3.22. The number of carbonyl (C=O) groups is 1. The summed E-state index contributed by atoms with van der Waals surface area (Å²) in [7, 11) is 1.31. The summed E-state index contributed by atoms with van der Waals surface area (Å²) in [4.78, 5) is 17.2. The number of hydrogen-bond acceptors (Lipinski definition) is 6. The summed E-state index contributed by atoms with van der Waals surface area (Å²) >= 11 is 0. The molecule has 1 N–H and O–H groups in total. The summed E-state index contributed by atoms with van der Waals surface area (Å²) in [6.45, 7) is 0. The Kier molecular flexibility index (Phi) is 8.11. The zero-order valence-corrected chi connectivity index (χ0v) is 19.8. The number of sulfone groups is 1. The first-order valence-corrected chi connectivity index (χ1v) is 12.4. The number of carbonyl (C=O) groups excluding carboxylic acids is 1. The van der Waals surface area contributed by atoms with Crippen LogP contribution in [-0.4, -0.2) is 49.6 Å². The van der Waals surface area contributed by atoms with Gasteiger partial charge in [-0.15, -0.1) is 0 Å². The number of benzene rings is 2. The molecule has 0 saturated carbocycles. The molecule has 1 aromatic heterocycles. The maximum Gasteiger partial charge on any atom is 0.236 e. The minimum Gasteiger partial charge on any atom is -0.497 e. The Bertz CT molecular complexity index is 1150. The van der Waals surface area contributed by atoms with Crippen LogP contribution in [0.2, 0.25) is 0 Å². The third kappa shape index (κ3) is 6.82. The quantitative estimate of drug-likeness (QED) is 0.462. The maximum atomic E-state index is 12.8. The van der Waals surface area contributed by atoms with Gasteiger partial charge in [0.1, 0.15) is 29.1 Å². The lowest BCUT2D eigenvalue weighted by Gasteiger charge is -2.20. The van der Waals surface area contributed by atoms with E-state index in [1.165, 1.54) is 14.2 Å². The molecule has 176 valence electrons. The third-order valence-corrected chi connectivity index (χ3v) is 6.86. The first kappa shape index (κ1) is 24.3. The number of aryl methyl sites for hydroxylation is 2. The molecule has 0 saturated heterocycles. The molecule has 33 heavy (non-hydrogen) atoms. The molecule has 0 fully saturated rings. The highest BCUT2D eigenvalue weighted by Gasteiger charge is 2.25. The first-order valence-electron chi connectivity index (χ1n) is 10.5. The van der Waals surface area contributed by atoms with Crippen LogP contribution >= 0.6 is 0 Å². The Morgan fingerprint density at radius 2 is 1.76 bits per heavy atom. The van der Waals surface area contributed by atoms with E-state index in [1.54, 1.807) is 42.2 Å². The van der Waals surface area contributed by atoms with E-state index in [1.807, 2.05) is 30.3 Å². The van der Waals surface area contributed by atoms with Crippen molar-refractivity contribution in [2.24, 2.45) is 7.05 Å². The first-order chi connectivity index (χ1) is 15.8. The highest BCUT2D eigenvalue weighted by molar-refractivity contribution is 7.92. The van der Waals surface area contributed by atoms with Crippen molar-refractivity contribution in [1.29, 1.82) is 0 Å². The Balaban J connectivity index is 1.73. The summed E-state index contributed by atoms with van der Waals surface area (Å²) < 4.78 is 37.6. The molecule has 1 heterocycles. The van der Waals surface area contributed by atoms with Crippen molar-refractivity contribution in [3.8, 4) is 11.5 Å². The number of hydrogen-bond donors (Lipinski definition) is 1. The standard InChI is InChI=1S/C24H29N3O5S/c1-27-12-11-25-24(27)23(19-14-20(31-2)16-21(15-19)32-3)26-22(28)17-33(29,30)13-7-10-18-8-5-4-6-9-18/h4-6,8-9,11-12,14-16,23H,7,10,13,17H2,1-3H3,(H,26,28). The van der Waals surface area contributed by atoms with Crippen LogP contribution in [0.4, 0.5) is 0 Å². The van der Waals surface area contributed by atoms with Gasteiger partial charge < -0.3 is 19.4 Å². The normalized spacial score (nSPS) is 12.2. The molecule has 1 atom stereocenters. The van der Waals surface area contributed by atoms with Crippen LogP contribution in [-0.2, 0) is 28.1 Å². The monoisotopic (exact) mass is 471 g/mol. The minimum atomic E-state index is -3.57. The fourth-order valence-corrected chi connectivity index (χ4v) is 4.78. The molecular formula is C24H29N3O5S. The van der Waals surface area contributed by atoms with Crippen LogP contribution in [0.5, 0.6) is 11.5 Å². The summed E-state index contributed by atoms with van der Waals surface area (Å²) in [6.07, 6.45) is 4.47. The van der Waals surface area contributed by atoms with Gasteiger partial charge >= 0.3 is 0 Å². The SMILES string of the molecule is COc1cc(OC)cc(C(NC(=O)CS(=O)(=O)CCCc2ccccc2)c2nccn2C)c1.